The second-order valence-electron chi connectivity index (χ2n) is 8.32. The van der Waals surface area contributed by atoms with E-state index in [1.807, 2.05) is 50.2 Å². The third kappa shape index (κ3) is 7.92. The van der Waals surface area contributed by atoms with Crippen molar-refractivity contribution >= 4 is 29.5 Å². The van der Waals surface area contributed by atoms with E-state index in [9.17, 15) is 14.4 Å². The SMILES string of the molecule is CCS[C@@H]1O[C@@H](C)[C@H](OCc2ccccc2)[C@@H](OC(=O)CCC(C)=O)[C@H]1OC(=O)c1ccccc1. The van der Waals surface area contributed by atoms with Gasteiger partial charge in [-0.15, -0.1) is 11.8 Å². The Morgan fingerprint density at radius 2 is 1.54 bits per heavy atom. The molecule has 0 spiro atoms. The average molecular weight is 501 g/mol. The van der Waals surface area contributed by atoms with Gasteiger partial charge >= 0.3 is 11.9 Å². The number of Topliss-reactive ketones (excluding diaryl/α,β-unsaturated/α-hetero) is 1. The summed E-state index contributed by atoms with van der Waals surface area (Å²) in [5.41, 5.74) is 0.781. The molecule has 1 heterocycles. The number of esters is 2. The van der Waals surface area contributed by atoms with Crippen molar-refractivity contribution in [3.63, 3.8) is 0 Å². The molecule has 2 aromatic rings. The summed E-state index contributed by atoms with van der Waals surface area (Å²) < 4.78 is 24.2. The molecule has 1 aliphatic rings. The number of ether oxygens (including phenoxy) is 4. The van der Waals surface area contributed by atoms with Crippen LogP contribution in [0.2, 0.25) is 0 Å². The standard InChI is InChI=1S/C27H32O7S/c1-4-35-27-25(34-26(30)21-13-9-6-10-14-21)24(33-22(29)16-15-18(2)28)23(19(3)32-27)31-17-20-11-7-5-8-12-20/h5-14,19,23-25,27H,4,15-17H2,1-3H3/t19-,23-,24+,25+,27-/m0/s1. The fraction of sp³-hybridized carbons (Fsp3) is 0.444. The first-order valence-corrected chi connectivity index (χ1v) is 12.8. The molecule has 1 saturated heterocycles. The molecule has 1 aliphatic heterocycles. The molecule has 35 heavy (non-hydrogen) atoms. The number of hydrogen-bond acceptors (Lipinski definition) is 8. The van der Waals surface area contributed by atoms with Gasteiger partial charge in [0.05, 0.1) is 24.7 Å². The topological polar surface area (TPSA) is 88.1 Å². The third-order valence-electron chi connectivity index (χ3n) is 5.54. The van der Waals surface area contributed by atoms with Crippen molar-refractivity contribution in [1.82, 2.24) is 0 Å². The van der Waals surface area contributed by atoms with E-state index in [-0.39, 0.29) is 25.2 Å². The Bertz CT molecular complexity index is 966. The molecule has 0 aromatic heterocycles. The minimum Gasteiger partial charge on any atom is -0.455 e. The molecule has 0 aliphatic carbocycles. The van der Waals surface area contributed by atoms with Crippen molar-refractivity contribution in [1.29, 1.82) is 0 Å². The lowest BCUT2D eigenvalue weighted by Crippen LogP contribution is -2.59. The molecule has 0 saturated carbocycles. The second kappa shape index (κ2) is 13.4. The molecule has 3 rings (SSSR count). The molecule has 8 heteroatoms. The van der Waals surface area contributed by atoms with Crippen molar-refractivity contribution in [2.75, 3.05) is 5.75 Å². The molecule has 0 amide bonds. The molecular formula is C27H32O7S. The highest BCUT2D eigenvalue weighted by molar-refractivity contribution is 7.99. The molecule has 0 radical (unpaired) electrons. The van der Waals surface area contributed by atoms with Crippen LogP contribution >= 0.6 is 11.8 Å². The van der Waals surface area contributed by atoms with Crippen LogP contribution in [0.5, 0.6) is 0 Å². The molecule has 5 atom stereocenters. The lowest BCUT2D eigenvalue weighted by atomic mass is 9.99. The Labute approximate surface area is 210 Å². The zero-order valence-corrected chi connectivity index (χ0v) is 21.1. The highest BCUT2D eigenvalue weighted by Gasteiger charge is 2.49. The van der Waals surface area contributed by atoms with E-state index in [4.69, 9.17) is 18.9 Å². The highest BCUT2D eigenvalue weighted by Crippen LogP contribution is 2.34. The minimum atomic E-state index is -0.904. The van der Waals surface area contributed by atoms with Crippen molar-refractivity contribution in [3.8, 4) is 0 Å². The number of carbonyl (C=O) groups excluding carboxylic acids is 3. The molecule has 0 bridgehead atoms. The van der Waals surface area contributed by atoms with Crippen molar-refractivity contribution in [2.45, 2.75) is 70.1 Å². The summed E-state index contributed by atoms with van der Waals surface area (Å²) in [7, 11) is 0. The van der Waals surface area contributed by atoms with Crippen LogP contribution in [0, 0.1) is 0 Å². The van der Waals surface area contributed by atoms with E-state index >= 15 is 0 Å². The van der Waals surface area contributed by atoms with Crippen LogP contribution in [0.3, 0.4) is 0 Å². The predicted octanol–water partition coefficient (Wildman–Crippen LogP) is 4.58. The van der Waals surface area contributed by atoms with E-state index in [0.29, 0.717) is 11.3 Å². The zero-order valence-electron chi connectivity index (χ0n) is 20.3. The van der Waals surface area contributed by atoms with Gasteiger partial charge in [0.15, 0.2) is 12.2 Å². The zero-order chi connectivity index (χ0) is 25.2. The maximum Gasteiger partial charge on any atom is 0.338 e. The van der Waals surface area contributed by atoms with E-state index in [1.54, 1.807) is 24.3 Å². The summed E-state index contributed by atoms with van der Waals surface area (Å²) in [5, 5.41) is 0. The highest BCUT2D eigenvalue weighted by atomic mass is 32.2. The Kier molecular flexibility index (Phi) is 10.3. The Morgan fingerprint density at radius 3 is 2.17 bits per heavy atom. The van der Waals surface area contributed by atoms with Gasteiger partial charge in [-0.2, -0.15) is 0 Å². The summed E-state index contributed by atoms with van der Waals surface area (Å²) in [6, 6.07) is 18.2. The minimum absolute atomic E-state index is 0.0581. The van der Waals surface area contributed by atoms with Crippen molar-refractivity contribution in [3.05, 3.63) is 71.8 Å². The maximum atomic E-state index is 13.0. The number of thioether (sulfide) groups is 1. The second-order valence-corrected chi connectivity index (χ2v) is 9.69. The Morgan fingerprint density at radius 1 is 0.886 bits per heavy atom. The normalized spacial score (nSPS) is 23.9. The Balaban J connectivity index is 1.87. The van der Waals surface area contributed by atoms with Gasteiger partial charge in [-0.1, -0.05) is 55.5 Å². The van der Waals surface area contributed by atoms with Crippen molar-refractivity contribution < 1.29 is 33.3 Å². The van der Waals surface area contributed by atoms with Crippen LogP contribution in [0.1, 0.15) is 49.5 Å². The molecule has 0 N–H and O–H groups in total. The van der Waals surface area contributed by atoms with Crippen LogP contribution in [0.15, 0.2) is 60.7 Å². The lowest BCUT2D eigenvalue weighted by molar-refractivity contribution is -0.225. The first-order valence-electron chi connectivity index (χ1n) is 11.8. The summed E-state index contributed by atoms with van der Waals surface area (Å²) in [5.74, 6) is -0.488. The van der Waals surface area contributed by atoms with Crippen LogP contribution in [0.25, 0.3) is 0 Å². The van der Waals surface area contributed by atoms with Gasteiger partial charge in [0.25, 0.3) is 0 Å². The fourth-order valence-electron chi connectivity index (χ4n) is 3.78. The molecule has 0 unspecified atom stereocenters. The monoisotopic (exact) mass is 500 g/mol. The number of benzene rings is 2. The van der Waals surface area contributed by atoms with Gasteiger partial charge in [0, 0.05) is 6.42 Å². The van der Waals surface area contributed by atoms with Crippen LogP contribution in [0.4, 0.5) is 0 Å². The van der Waals surface area contributed by atoms with Crippen molar-refractivity contribution in [2.24, 2.45) is 0 Å². The number of ketones is 1. The summed E-state index contributed by atoms with van der Waals surface area (Å²) in [4.78, 5) is 37.0. The first kappa shape index (κ1) is 26.9. The van der Waals surface area contributed by atoms with Gasteiger partial charge < -0.3 is 23.7 Å². The Hall–Kier alpha value is -2.68. The van der Waals surface area contributed by atoms with Gasteiger partial charge in [-0.25, -0.2) is 4.79 Å². The van der Waals surface area contributed by atoms with Gasteiger partial charge in [-0.05, 0) is 37.3 Å². The van der Waals surface area contributed by atoms with Crippen LogP contribution in [-0.2, 0) is 35.1 Å². The number of hydrogen-bond donors (Lipinski definition) is 0. The summed E-state index contributed by atoms with van der Waals surface area (Å²) in [6.07, 6.45) is -2.89. The maximum absolute atomic E-state index is 13.0. The van der Waals surface area contributed by atoms with Crippen LogP contribution in [-0.4, -0.2) is 53.3 Å². The van der Waals surface area contributed by atoms with Gasteiger partial charge in [-0.3, -0.25) is 4.79 Å². The number of carbonyl (C=O) groups is 3. The quantitative estimate of drug-likeness (QED) is 0.415. The predicted molar refractivity (Wildman–Crippen MR) is 133 cm³/mol. The lowest BCUT2D eigenvalue weighted by Gasteiger charge is -2.44. The molecule has 1 fully saturated rings. The molecule has 2 aromatic carbocycles. The average Bonchev–Trinajstić information content (AvgIpc) is 2.85. The van der Waals surface area contributed by atoms with Gasteiger partial charge in [0.2, 0.25) is 0 Å². The molecule has 188 valence electrons. The third-order valence-corrected chi connectivity index (χ3v) is 6.59. The molecule has 7 nitrogen and oxygen atoms in total. The smallest absolute Gasteiger partial charge is 0.338 e. The first-order chi connectivity index (χ1) is 16.9. The van der Waals surface area contributed by atoms with Gasteiger partial charge in [0.1, 0.15) is 17.3 Å². The van der Waals surface area contributed by atoms with E-state index < -0.39 is 41.8 Å². The summed E-state index contributed by atoms with van der Waals surface area (Å²) in [6.45, 7) is 5.52. The number of rotatable bonds is 11. The van der Waals surface area contributed by atoms with E-state index in [2.05, 4.69) is 0 Å². The fourth-order valence-corrected chi connectivity index (χ4v) is 4.76. The summed E-state index contributed by atoms with van der Waals surface area (Å²) >= 11 is 1.47. The van der Waals surface area contributed by atoms with E-state index in [1.165, 1.54) is 18.7 Å². The van der Waals surface area contributed by atoms with Crippen LogP contribution < -0.4 is 0 Å². The molecular weight excluding hydrogens is 468 g/mol. The van der Waals surface area contributed by atoms with E-state index in [0.717, 1.165) is 5.56 Å². The largest absolute Gasteiger partial charge is 0.455 e.